The zero-order chi connectivity index (χ0) is 15.9. The molecule has 1 atom stereocenters. The quantitative estimate of drug-likeness (QED) is 0.612. The van der Waals surface area contributed by atoms with Crippen LogP contribution in [0.1, 0.15) is 38.2 Å². The summed E-state index contributed by atoms with van der Waals surface area (Å²) in [6.07, 6.45) is 2.61. The molecule has 0 bridgehead atoms. The van der Waals surface area contributed by atoms with E-state index in [1.165, 1.54) is 0 Å². The Bertz CT molecular complexity index is 493. The molecule has 2 rings (SSSR count). The van der Waals surface area contributed by atoms with E-state index < -0.39 is 5.56 Å². The fourth-order valence-corrected chi connectivity index (χ4v) is 2.76. The highest BCUT2D eigenvalue weighted by molar-refractivity contribution is 6.19. The van der Waals surface area contributed by atoms with Crippen LogP contribution in [0.3, 0.4) is 0 Å². The third kappa shape index (κ3) is 5.02. The molecule has 22 heavy (non-hydrogen) atoms. The van der Waals surface area contributed by atoms with Gasteiger partial charge in [-0.1, -0.05) is 41.9 Å². The van der Waals surface area contributed by atoms with Crippen molar-refractivity contribution in [2.24, 2.45) is 11.8 Å². The van der Waals surface area contributed by atoms with Crippen LogP contribution in [0, 0.1) is 11.8 Å². The lowest BCUT2D eigenvalue weighted by Crippen LogP contribution is -2.29. The Labute approximate surface area is 135 Å². The third-order valence-corrected chi connectivity index (χ3v) is 3.99. The monoisotopic (exact) mass is 324 g/mol. The van der Waals surface area contributed by atoms with Crippen LogP contribution in [-0.2, 0) is 25.7 Å². The van der Waals surface area contributed by atoms with Crippen LogP contribution in [0.5, 0.6) is 0 Å². The largest absolute Gasteiger partial charge is 0.461 e. The van der Waals surface area contributed by atoms with E-state index in [9.17, 15) is 9.59 Å². The van der Waals surface area contributed by atoms with Gasteiger partial charge in [-0.05, 0) is 38.2 Å². The molecular formula is C17H21ClO4. The Balaban J connectivity index is 1.74. The summed E-state index contributed by atoms with van der Waals surface area (Å²) in [5.74, 6) is -0.722. The minimum absolute atomic E-state index is 0.124. The van der Waals surface area contributed by atoms with Crippen molar-refractivity contribution in [1.82, 2.24) is 0 Å². The van der Waals surface area contributed by atoms with Crippen molar-refractivity contribution in [1.29, 1.82) is 0 Å². The normalized spacial score (nSPS) is 22.6. The smallest absolute Gasteiger partial charge is 0.310 e. The van der Waals surface area contributed by atoms with Gasteiger partial charge < -0.3 is 9.47 Å². The highest BCUT2D eigenvalue weighted by Crippen LogP contribution is 2.31. The van der Waals surface area contributed by atoms with E-state index in [4.69, 9.17) is 21.1 Å². The summed E-state index contributed by atoms with van der Waals surface area (Å²) in [5, 5.41) is 0. The van der Waals surface area contributed by atoms with Crippen molar-refractivity contribution < 1.29 is 19.1 Å². The van der Waals surface area contributed by atoms with Gasteiger partial charge in [-0.15, -0.1) is 0 Å². The Morgan fingerprint density at radius 3 is 2.18 bits per heavy atom. The van der Waals surface area contributed by atoms with Crippen molar-refractivity contribution in [2.75, 3.05) is 0 Å². The van der Waals surface area contributed by atoms with Crippen LogP contribution in [-0.4, -0.2) is 17.5 Å². The van der Waals surface area contributed by atoms with Gasteiger partial charge in [0.1, 0.15) is 6.61 Å². The number of hydrogen-bond donors (Lipinski definition) is 0. The van der Waals surface area contributed by atoms with Gasteiger partial charge in [0.15, 0.2) is 5.56 Å². The molecule has 1 aromatic carbocycles. The predicted molar refractivity (Wildman–Crippen MR) is 83.1 cm³/mol. The second-order valence-electron chi connectivity index (χ2n) is 5.62. The lowest BCUT2D eigenvalue weighted by atomic mass is 9.82. The molecule has 120 valence electrons. The Morgan fingerprint density at radius 1 is 1.09 bits per heavy atom. The average molecular weight is 325 g/mol. The van der Waals surface area contributed by atoms with Gasteiger partial charge in [-0.2, -0.15) is 0 Å². The molecule has 1 saturated carbocycles. The molecule has 0 amide bonds. The third-order valence-electron chi connectivity index (χ3n) is 3.90. The van der Waals surface area contributed by atoms with E-state index in [0.717, 1.165) is 5.56 Å². The van der Waals surface area contributed by atoms with Crippen LogP contribution < -0.4 is 0 Å². The number of rotatable bonds is 5. The minimum atomic E-state index is -0.610. The first-order valence-corrected chi connectivity index (χ1v) is 8.05. The Morgan fingerprint density at radius 2 is 1.64 bits per heavy atom. The van der Waals surface area contributed by atoms with E-state index in [0.29, 0.717) is 32.3 Å². The Kier molecular flexibility index (Phi) is 6.25. The number of benzene rings is 1. The molecule has 0 radical (unpaired) electrons. The van der Waals surface area contributed by atoms with Gasteiger partial charge >= 0.3 is 11.9 Å². The molecule has 1 aromatic rings. The molecular weight excluding hydrogens is 304 g/mol. The summed E-state index contributed by atoms with van der Waals surface area (Å²) in [6.45, 7) is 1.91. The van der Waals surface area contributed by atoms with E-state index in [-0.39, 0.29) is 23.8 Å². The Hall–Kier alpha value is -1.55. The highest BCUT2D eigenvalue weighted by Gasteiger charge is 2.32. The lowest BCUT2D eigenvalue weighted by Gasteiger charge is -2.26. The summed E-state index contributed by atoms with van der Waals surface area (Å²) >= 11 is 5.65. The summed E-state index contributed by atoms with van der Waals surface area (Å²) < 4.78 is 10.4. The van der Waals surface area contributed by atoms with Crippen LogP contribution in [0.15, 0.2) is 30.3 Å². The maximum Gasteiger partial charge on any atom is 0.310 e. The number of hydrogen-bond acceptors (Lipinski definition) is 4. The number of esters is 2. The van der Waals surface area contributed by atoms with E-state index >= 15 is 0 Å². The number of halogens is 1. The molecule has 0 N–H and O–H groups in total. The summed E-state index contributed by atoms with van der Waals surface area (Å²) in [6, 6.07) is 9.60. The standard InChI is InChI=1S/C17H21ClO4/c1-12(18)22-17(20)15-9-7-14(8-10-15)16(19)21-11-13-5-3-2-4-6-13/h2-6,12,14-15H,7-11H2,1H3. The molecule has 0 saturated heterocycles. The maximum absolute atomic E-state index is 12.1. The van der Waals surface area contributed by atoms with E-state index in [1.807, 2.05) is 30.3 Å². The maximum atomic E-state index is 12.1. The molecule has 1 unspecified atom stereocenters. The van der Waals surface area contributed by atoms with Crippen molar-refractivity contribution in [3.8, 4) is 0 Å². The van der Waals surface area contributed by atoms with Crippen molar-refractivity contribution in [3.05, 3.63) is 35.9 Å². The van der Waals surface area contributed by atoms with E-state index in [2.05, 4.69) is 0 Å². The minimum Gasteiger partial charge on any atom is -0.461 e. The van der Waals surface area contributed by atoms with Gasteiger partial charge in [-0.3, -0.25) is 9.59 Å². The lowest BCUT2D eigenvalue weighted by molar-refractivity contribution is -0.156. The van der Waals surface area contributed by atoms with Gasteiger partial charge in [0.25, 0.3) is 0 Å². The molecule has 0 aliphatic heterocycles. The summed E-state index contributed by atoms with van der Waals surface area (Å²) in [4.78, 5) is 23.8. The summed E-state index contributed by atoms with van der Waals surface area (Å²) in [5.41, 5.74) is 0.366. The zero-order valence-corrected chi connectivity index (χ0v) is 13.4. The van der Waals surface area contributed by atoms with Gasteiger partial charge in [0.2, 0.25) is 0 Å². The van der Waals surface area contributed by atoms with Gasteiger partial charge in [0, 0.05) is 0 Å². The average Bonchev–Trinajstić information content (AvgIpc) is 2.53. The topological polar surface area (TPSA) is 52.6 Å². The number of carbonyl (C=O) groups is 2. The highest BCUT2D eigenvalue weighted by atomic mass is 35.5. The molecule has 5 heteroatoms. The SMILES string of the molecule is CC(Cl)OC(=O)C1CCC(C(=O)OCc2ccccc2)CC1. The first kappa shape index (κ1) is 16.8. The second kappa shape index (κ2) is 8.18. The zero-order valence-electron chi connectivity index (χ0n) is 12.7. The first-order valence-electron chi connectivity index (χ1n) is 7.61. The molecule has 4 nitrogen and oxygen atoms in total. The summed E-state index contributed by atoms with van der Waals surface area (Å²) in [7, 11) is 0. The predicted octanol–water partition coefficient (Wildman–Crippen LogP) is 3.66. The van der Waals surface area contributed by atoms with Crippen LogP contribution in [0.25, 0.3) is 0 Å². The van der Waals surface area contributed by atoms with Gasteiger partial charge in [0.05, 0.1) is 11.8 Å². The van der Waals surface area contributed by atoms with Crippen LogP contribution >= 0.6 is 11.6 Å². The number of alkyl halides is 1. The van der Waals surface area contributed by atoms with E-state index in [1.54, 1.807) is 6.92 Å². The molecule has 0 spiro atoms. The second-order valence-corrected chi connectivity index (χ2v) is 6.24. The number of ether oxygens (including phenoxy) is 2. The fraction of sp³-hybridized carbons (Fsp3) is 0.529. The van der Waals surface area contributed by atoms with Gasteiger partial charge in [-0.25, -0.2) is 0 Å². The molecule has 0 heterocycles. The first-order chi connectivity index (χ1) is 10.6. The van der Waals surface area contributed by atoms with Crippen molar-refractivity contribution >= 4 is 23.5 Å². The van der Waals surface area contributed by atoms with Crippen molar-refractivity contribution in [2.45, 2.75) is 44.8 Å². The van der Waals surface area contributed by atoms with Crippen molar-refractivity contribution in [3.63, 3.8) is 0 Å². The van der Waals surface area contributed by atoms with Crippen LogP contribution in [0.4, 0.5) is 0 Å². The molecule has 1 aliphatic carbocycles. The number of carbonyl (C=O) groups excluding carboxylic acids is 2. The molecule has 0 aromatic heterocycles. The fourth-order valence-electron chi connectivity index (χ4n) is 2.67. The molecule has 1 fully saturated rings. The van der Waals surface area contributed by atoms with Crippen LogP contribution in [0.2, 0.25) is 0 Å². The molecule has 1 aliphatic rings.